The molecule has 122 valence electrons. The average molecular weight is 312 g/mol. The fourth-order valence-electron chi connectivity index (χ4n) is 5.85. The number of rotatable bonds is 0. The van der Waals surface area contributed by atoms with E-state index in [1.54, 1.807) is 12.1 Å². The first-order chi connectivity index (χ1) is 10.9. The van der Waals surface area contributed by atoms with Crippen LogP contribution in [-0.4, -0.2) is 20.9 Å². The molecule has 0 saturated heterocycles. The van der Waals surface area contributed by atoms with E-state index in [1.807, 2.05) is 0 Å². The Labute approximate surface area is 137 Å². The minimum absolute atomic E-state index is 0.0228. The third-order valence-electron chi connectivity index (χ3n) is 7.21. The molecule has 4 rings (SSSR count). The van der Waals surface area contributed by atoms with Crippen molar-refractivity contribution in [2.75, 3.05) is 0 Å². The van der Waals surface area contributed by atoms with Crippen LogP contribution in [0.2, 0.25) is 0 Å². The van der Waals surface area contributed by atoms with Crippen molar-refractivity contribution in [1.82, 2.24) is 0 Å². The Morgan fingerprint density at radius 1 is 1.13 bits per heavy atom. The van der Waals surface area contributed by atoms with Crippen molar-refractivity contribution in [3.63, 3.8) is 0 Å². The van der Waals surface area contributed by atoms with Gasteiger partial charge in [0.25, 0.3) is 0 Å². The maximum absolute atomic E-state index is 10.9. The smallest absolute Gasteiger partial charge is 0.157 e. The molecular formula is C20H24O3. The molecule has 3 unspecified atom stereocenters. The lowest BCUT2D eigenvalue weighted by Gasteiger charge is -2.52. The van der Waals surface area contributed by atoms with E-state index in [-0.39, 0.29) is 16.9 Å². The molecule has 0 aliphatic heterocycles. The molecule has 3 N–H and O–H groups in total. The van der Waals surface area contributed by atoms with Crippen LogP contribution in [0, 0.1) is 29.6 Å². The number of fused-ring (bicyclic) bond motifs is 5. The van der Waals surface area contributed by atoms with E-state index >= 15 is 0 Å². The Kier molecular flexibility index (Phi) is 3.03. The molecule has 1 aromatic carbocycles. The van der Waals surface area contributed by atoms with Gasteiger partial charge in [0, 0.05) is 5.41 Å². The monoisotopic (exact) mass is 312 g/mol. The van der Waals surface area contributed by atoms with E-state index in [0.717, 1.165) is 37.7 Å². The minimum Gasteiger partial charge on any atom is -0.504 e. The number of hydrogen-bond donors (Lipinski definition) is 3. The van der Waals surface area contributed by atoms with Crippen LogP contribution in [0.15, 0.2) is 12.1 Å². The first kappa shape index (κ1) is 14.9. The second-order valence-electron chi connectivity index (χ2n) is 7.95. The summed E-state index contributed by atoms with van der Waals surface area (Å²) in [5.74, 6) is 4.00. The van der Waals surface area contributed by atoms with Crippen LogP contribution in [0.5, 0.6) is 11.5 Å². The summed E-state index contributed by atoms with van der Waals surface area (Å²) in [5.41, 5.74) is 1.18. The third kappa shape index (κ3) is 1.82. The van der Waals surface area contributed by atoms with Crippen molar-refractivity contribution in [1.29, 1.82) is 0 Å². The highest BCUT2D eigenvalue weighted by molar-refractivity contribution is 5.48. The van der Waals surface area contributed by atoms with Crippen LogP contribution in [-0.2, 0) is 6.42 Å². The Hall–Kier alpha value is -1.66. The molecule has 3 aliphatic carbocycles. The predicted octanol–water partition coefficient (Wildman–Crippen LogP) is 3.32. The van der Waals surface area contributed by atoms with E-state index in [0.29, 0.717) is 24.2 Å². The molecular weight excluding hydrogens is 288 g/mol. The Balaban J connectivity index is 1.74. The summed E-state index contributed by atoms with van der Waals surface area (Å²) in [6, 6.07) is 3.48. The number of phenols is 2. The van der Waals surface area contributed by atoms with Gasteiger partial charge in [0.1, 0.15) is 5.60 Å². The summed E-state index contributed by atoms with van der Waals surface area (Å²) in [4.78, 5) is 0. The largest absolute Gasteiger partial charge is 0.504 e. The van der Waals surface area contributed by atoms with Crippen LogP contribution in [0.25, 0.3) is 0 Å². The van der Waals surface area contributed by atoms with Crippen molar-refractivity contribution in [2.45, 2.75) is 57.0 Å². The van der Waals surface area contributed by atoms with Gasteiger partial charge in [0.05, 0.1) is 0 Å². The highest BCUT2D eigenvalue weighted by Gasteiger charge is 2.61. The Bertz CT molecular complexity index is 704. The zero-order valence-electron chi connectivity index (χ0n) is 13.5. The number of benzene rings is 1. The van der Waals surface area contributed by atoms with Gasteiger partial charge in [-0.05, 0) is 79.5 Å². The molecule has 3 nitrogen and oxygen atoms in total. The molecule has 0 bridgehead atoms. The fraction of sp³-hybridized carbons (Fsp3) is 0.600. The molecule has 2 saturated carbocycles. The second-order valence-corrected chi connectivity index (χ2v) is 7.95. The average Bonchev–Trinajstić information content (AvgIpc) is 2.81. The predicted molar refractivity (Wildman–Crippen MR) is 88.2 cm³/mol. The summed E-state index contributed by atoms with van der Waals surface area (Å²) in [7, 11) is 0. The molecule has 5 atom stereocenters. The minimum atomic E-state index is -0.972. The fourth-order valence-corrected chi connectivity index (χ4v) is 5.85. The van der Waals surface area contributed by atoms with Gasteiger partial charge in [0.2, 0.25) is 0 Å². The van der Waals surface area contributed by atoms with E-state index in [9.17, 15) is 15.3 Å². The van der Waals surface area contributed by atoms with Gasteiger partial charge in [-0.3, -0.25) is 0 Å². The van der Waals surface area contributed by atoms with Gasteiger partial charge < -0.3 is 15.3 Å². The van der Waals surface area contributed by atoms with Crippen LogP contribution >= 0.6 is 0 Å². The number of aromatic hydroxyl groups is 2. The van der Waals surface area contributed by atoms with E-state index < -0.39 is 5.60 Å². The molecule has 23 heavy (non-hydrogen) atoms. The molecule has 0 radical (unpaired) electrons. The second kappa shape index (κ2) is 4.68. The standard InChI is InChI=1S/C20H24O3/c1-3-20(23)9-7-16-14-5-4-12-10-17(21)18(22)11-15(12)13(14)6-8-19(16,20)2/h1,10-11,13-14,16,21-23H,4-9H2,2H3/t13?,14-,16?,19+,20?/m1/s1. The lowest BCUT2D eigenvalue weighted by atomic mass is 9.53. The maximum atomic E-state index is 10.9. The molecule has 0 aromatic heterocycles. The van der Waals surface area contributed by atoms with E-state index in [4.69, 9.17) is 6.42 Å². The lowest BCUT2D eigenvalue weighted by Crippen LogP contribution is -2.50. The van der Waals surface area contributed by atoms with Gasteiger partial charge in [-0.25, -0.2) is 0 Å². The summed E-state index contributed by atoms with van der Waals surface area (Å²) in [5, 5.41) is 30.6. The number of phenolic OH excluding ortho intramolecular Hbond substituents is 2. The van der Waals surface area contributed by atoms with E-state index in [2.05, 4.69) is 12.8 Å². The molecule has 3 aliphatic rings. The number of aryl methyl sites for hydroxylation is 1. The Morgan fingerprint density at radius 2 is 1.87 bits per heavy atom. The molecule has 1 aromatic rings. The van der Waals surface area contributed by atoms with Crippen molar-refractivity contribution < 1.29 is 15.3 Å². The van der Waals surface area contributed by atoms with Crippen LogP contribution in [0.1, 0.15) is 56.1 Å². The molecule has 2 fully saturated rings. The van der Waals surface area contributed by atoms with Gasteiger partial charge in [-0.15, -0.1) is 6.42 Å². The summed E-state index contributed by atoms with van der Waals surface area (Å²) >= 11 is 0. The molecule has 3 heteroatoms. The van der Waals surface area contributed by atoms with Crippen molar-refractivity contribution in [3.05, 3.63) is 23.3 Å². The first-order valence-electron chi connectivity index (χ1n) is 8.64. The molecule has 0 heterocycles. The molecule has 0 amide bonds. The third-order valence-corrected chi connectivity index (χ3v) is 7.21. The highest BCUT2D eigenvalue weighted by atomic mass is 16.3. The van der Waals surface area contributed by atoms with Gasteiger partial charge >= 0.3 is 0 Å². The van der Waals surface area contributed by atoms with Gasteiger partial charge in [0.15, 0.2) is 11.5 Å². The normalized spacial score (nSPS) is 41.5. The van der Waals surface area contributed by atoms with Crippen molar-refractivity contribution in [2.24, 2.45) is 17.3 Å². The summed E-state index contributed by atoms with van der Waals surface area (Å²) in [6.07, 6.45) is 11.3. The Morgan fingerprint density at radius 3 is 2.61 bits per heavy atom. The van der Waals surface area contributed by atoms with Crippen molar-refractivity contribution in [3.8, 4) is 23.8 Å². The number of terminal acetylenes is 1. The SMILES string of the molecule is C#CC1(O)CCC2[C@@H]3CCc4cc(O)c(O)cc4C3CC[C@@]21C. The molecule has 0 spiro atoms. The van der Waals surface area contributed by atoms with Crippen LogP contribution in [0.4, 0.5) is 0 Å². The van der Waals surface area contributed by atoms with Crippen molar-refractivity contribution >= 4 is 0 Å². The number of aliphatic hydroxyl groups is 1. The van der Waals surface area contributed by atoms with Gasteiger partial charge in [-0.1, -0.05) is 12.8 Å². The quantitative estimate of drug-likeness (QED) is 0.509. The summed E-state index contributed by atoms with van der Waals surface area (Å²) in [6.45, 7) is 2.17. The van der Waals surface area contributed by atoms with Crippen LogP contribution < -0.4 is 0 Å². The summed E-state index contributed by atoms with van der Waals surface area (Å²) < 4.78 is 0. The number of hydrogen-bond acceptors (Lipinski definition) is 3. The topological polar surface area (TPSA) is 60.7 Å². The lowest BCUT2D eigenvalue weighted by molar-refractivity contribution is -0.0647. The van der Waals surface area contributed by atoms with Gasteiger partial charge in [-0.2, -0.15) is 0 Å². The maximum Gasteiger partial charge on any atom is 0.157 e. The van der Waals surface area contributed by atoms with E-state index in [1.165, 1.54) is 5.56 Å². The first-order valence-corrected chi connectivity index (χ1v) is 8.64. The zero-order chi connectivity index (χ0) is 16.4. The van der Waals surface area contributed by atoms with Crippen LogP contribution in [0.3, 0.4) is 0 Å². The zero-order valence-corrected chi connectivity index (χ0v) is 13.5. The highest BCUT2D eigenvalue weighted by Crippen LogP contribution is 2.64.